The van der Waals surface area contributed by atoms with Gasteiger partial charge >= 0.3 is 12.1 Å². The lowest BCUT2D eigenvalue weighted by atomic mass is 9.98. The first-order chi connectivity index (χ1) is 15.5. The van der Waals surface area contributed by atoms with Crippen molar-refractivity contribution >= 4 is 12.1 Å². The third kappa shape index (κ3) is 4.29. The van der Waals surface area contributed by atoms with Crippen LogP contribution >= 0.6 is 0 Å². The summed E-state index contributed by atoms with van der Waals surface area (Å²) in [7, 11) is 0. The van der Waals surface area contributed by atoms with Gasteiger partial charge in [-0.05, 0) is 39.9 Å². The number of phenols is 1. The fraction of sp³-hybridized carbons (Fsp3) is 0.200. The number of ether oxygens (including phenoxy) is 1. The molecule has 1 amide bonds. The van der Waals surface area contributed by atoms with Gasteiger partial charge in [-0.1, -0.05) is 54.6 Å². The number of hydrogen-bond acceptors (Lipinski definition) is 5. The second-order valence-electron chi connectivity index (χ2n) is 7.69. The molecule has 1 atom stereocenters. The molecule has 0 unspecified atom stereocenters. The van der Waals surface area contributed by atoms with Gasteiger partial charge in [0.25, 0.3) is 0 Å². The molecule has 0 bridgehead atoms. The van der Waals surface area contributed by atoms with E-state index in [-0.39, 0.29) is 36.9 Å². The Kier molecular flexibility index (Phi) is 6.09. The molecular weight excluding hydrogens is 410 g/mol. The van der Waals surface area contributed by atoms with E-state index in [0.29, 0.717) is 5.56 Å². The molecule has 3 aromatic carbocycles. The highest BCUT2D eigenvalue weighted by molar-refractivity contribution is 5.81. The number of aromatic hydroxyl groups is 1. The van der Waals surface area contributed by atoms with E-state index in [2.05, 4.69) is 5.32 Å². The van der Waals surface area contributed by atoms with Crippen molar-refractivity contribution in [3.05, 3.63) is 89.0 Å². The van der Waals surface area contributed by atoms with Crippen LogP contribution in [0.2, 0.25) is 0 Å². The van der Waals surface area contributed by atoms with Gasteiger partial charge in [0.15, 0.2) is 0 Å². The average molecular weight is 433 g/mol. The summed E-state index contributed by atoms with van der Waals surface area (Å²) in [5, 5.41) is 30.9. The number of aliphatic hydroxyl groups excluding tert-OH is 1. The van der Waals surface area contributed by atoms with Gasteiger partial charge in [0.05, 0.1) is 6.61 Å². The van der Waals surface area contributed by atoms with E-state index in [9.17, 15) is 24.9 Å². The molecule has 0 saturated carbocycles. The first-order valence-electron chi connectivity index (χ1n) is 10.2. The van der Waals surface area contributed by atoms with E-state index in [1.165, 1.54) is 12.1 Å². The van der Waals surface area contributed by atoms with Crippen molar-refractivity contribution in [2.24, 2.45) is 0 Å². The van der Waals surface area contributed by atoms with Crippen molar-refractivity contribution in [3.8, 4) is 16.9 Å². The molecule has 0 fully saturated rings. The maximum atomic E-state index is 12.4. The molecule has 32 heavy (non-hydrogen) atoms. The number of aliphatic hydroxyl groups is 1. The minimum atomic E-state index is -1.22. The SMILES string of the molecule is O=C(N[C@@H](Cc1ccc(O)c(CO)c1)C(=O)O)OCC1c2ccccc2-c2ccccc21. The number of rotatable bonds is 7. The standard InChI is InChI=1S/C25H23NO6/c27-13-16-11-15(9-10-23(16)28)12-22(24(29)30)26-25(31)32-14-21-19-7-3-1-5-17(19)18-6-2-4-8-20(18)21/h1-11,21-22,27-28H,12-14H2,(H,26,31)(H,29,30)/t22-/m0/s1. The van der Waals surface area contributed by atoms with Crippen molar-refractivity contribution < 1.29 is 29.6 Å². The van der Waals surface area contributed by atoms with Gasteiger partial charge < -0.3 is 25.4 Å². The van der Waals surface area contributed by atoms with Gasteiger partial charge in [-0.3, -0.25) is 0 Å². The van der Waals surface area contributed by atoms with Crippen LogP contribution < -0.4 is 5.32 Å². The molecule has 0 heterocycles. The number of carbonyl (C=O) groups is 2. The van der Waals surface area contributed by atoms with Crippen molar-refractivity contribution in [2.45, 2.75) is 25.0 Å². The van der Waals surface area contributed by atoms with Crippen LogP contribution in [0.1, 0.15) is 28.2 Å². The summed E-state index contributed by atoms with van der Waals surface area (Å²) in [5.41, 5.74) is 5.18. The summed E-state index contributed by atoms with van der Waals surface area (Å²) >= 11 is 0. The van der Waals surface area contributed by atoms with Crippen molar-refractivity contribution in [3.63, 3.8) is 0 Å². The largest absolute Gasteiger partial charge is 0.508 e. The molecule has 0 aliphatic heterocycles. The minimum Gasteiger partial charge on any atom is -0.508 e. The fourth-order valence-electron chi connectivity index (χ4n) is 4.11. The number of amides is 1. The van der Waals surface area contributed by atoms with Gasteiger partial charge in [-0.25, -0.2) is 9.59 Å². The van der Waals surface area contributed by atoms with Crippen LogP contribution in [0.3, 0.4) is 0 Å². The number of carboxylic acid groups (broad SMARTS) is 1. The summed E-state index contributed by atoms with van der Waals surface area (Å²) < 4.78 is 5.43. The van der Waals surface area contributed by atoms with E-state index in [0.717, 1.165) is 22.3 Å². The van der Waals surface area contributed by atoms with Crippen LogP contribution in [0.25, 0.3) is 11.1 Å². The molecule has 0 spiro atoms. The zero-order valence-electron chi connectivity index (χ0n) is 17.2. The van der Waals surface area contributed by atoms with Crippen LogP contribution in [-0.2, 0) is 22.6 Å². The Labute approximate surface area is 184 Å². The smallest absolute Gasteiger partial charge is 0.407 e. The highest BCUT2D eigenvalue weighted by Crippen LogP contribution is 2.44. The van der Waals surface area contributed by atoms with Gasteiger partial charge in [-0.15, -0.1) is 0 Å². The predicted octanol–water partition coefficient (Wildman–Crippen LogP) is 3.42. The van der Waals surface area contributed by atoms with Crippen LogP contribution in [0.15, 0.2) is 66.7 Å². The maximum Gasteiger partial charge on any atom is 0.407 e. The van der Waals surface area contributed by atoms with Gasteiger partial charge in [-0.2, -0.15) is 0 Å². The second kappa shape index (κ2) is 9.11. The third-order valence-corrected chi connectivity index (χ3v) is 5.69. The van der Waals surface area contributed by atoms with Crippen molar-refractivity contribution in [1.82, 2.24) is 5.32 Å². The molecule has 4 rings (SSSR count). The molecule has 164 valence electrons. The zero-order valence-corrected chi connectivity index (χ0v) is 17.2. The Morgan fingerprint density at radius 2 is 1.59 bits per heavy atom. The van der Waals surface area contributed by atoms with Gasteiger partial charge in [0.2, 0.25) is 0 Å². The number of nitrogens with one attached hydrogen (secondary N) is 1. The number of aliphatic carboxylic acids is 1. The van der Waals surface area contributed by atoms with E-state index < -0.39 is 18.1 Å². The van der Waals surface area contributed by atoms with Crippen molar-refractivity contribution in [2.75, 3.05) is 6.61 Å². The van der Waals surface area contributed by atoms with Crippen LogP contribution in [0, 0.1) is 0 Å². The van der Waals surface area contributed by atoms with Crippen LogP contribution in [0.5, 0.6) is 5.75 Å². The third-order valence-electron chi connectivity index (χ3n) is 5.69. The maximum absolute atomic E-state index is 12.4. The molecule has 0 radical (unpaired) electrons. The first kappa shape index (κ1) is 21.4. The molecule has 0 aromatic heterocycles. The Morgan fingerprint density at radius 3 is 2.19 bits per heavy atom. The van der Waals surface area contributed by atoms with Crippen LogP contribution in [0.4, 0.5) is 4.79 Å². The summed E-state index contributed by atoms with van der Waals surface area (Å²) in [6, 6.07) is 19.1. The molecule has 7 heteroatoms. The quantitative estimate of drug-likeness (QED) is 0.454. The number of hydrogen-bond donors (Lipinski definition) is 4. The summed E-state index contributed by atoms with van der Waals surface area (Å²) in [4.78, 5) is 24.1. The Bertz CT molecular complexity index is 1110. The Balaban J connectivity index is 1.43. The number of carbonyl (C=O) groups excluding carboxylic acids is 1. The number of benzene rings is 3. The van der Waals surface area contributed by atoms with E-state index in [1.54, 1.807) is 6.07 Å². The monoisotopic (exact) mass is 433 g/mol. The average Bonchev–Trinajstić information content (AvgIpc) is 3.12. The predicted molar refractivity (Wildman–Crippen MR) is 117 cm³/mol. The van der Waals surface area contributed by atoms with E-state index >= 15 is 0 Å². The lowest BCUT2D eigenvalue weighted by Gasteiger charge is -2.18. The summed E-state index contributed by atoms with van der Waals surface area (Å²) in [6.07, 6.45) is -0.840. The summed E-state index contributed by atoms with van der Waals surface area (Å²) in [6.45, 7) is -0.294. The first-order valence-corrected chi connectivity index (χ1v) is 10.2. The Hall–Kier alpha value is -3.84. The fourth-order valence-corrected chi connectivity index (χ4v) is 4.11. The van der Waals surface area contributed by atoms with Gasteiger partial charge in [0, 0.05) is 17.9 Å². The molecular formula is C25H23NO6. The number of alkyl carbamates (subject to hydrolysis) is 1. The highest BCUT2D eigenvalue weighted by atomic mass is 16.5. The number of carboxylic acids is 1. The molecule has 1 aliphatic carbocycles. The zero-order chi connectivity index (χ0) is 22.7. The van der Waals surface area contributed by atoms with Gasteiger partial charge in [0.1, 0.15) is 18.4 Å². The number of fused-ring (bicyclic) bond motifs is 3. The van der Waals surface area contributed by atoms with Crippen molar-refractivity contribution in [1.29, 1.82) is 0 Å². The lowest BCUT2D eigenvalue weighted by Crippen LogP contribution is -2.42. The molecule has 3 aromatic rings. The topological polar surface area (TPSA) is 116 Å². The highest BCUT2D eigenvalue weighted by Gasteiger charge is 2.29. The molecule has 7 nitrogen and oxygen atoms in total. The van der Waals surface area contributed by atoms with E-state index in [1.807, 2.05) is 48.5 Å². The van der Waals surface area contributed by atoms with E-state index in [4.69, 9.17) is 4.74 Å². The Morgan fingerprint density at radius 1 is 0.969 bits per heavy atom. The molecule has 0 saturated heterocycles. The lowest BCUT2D eigenvalue weighted by molar-refractivity contribution is -0.139. The normalized spacial score (nSPS) is 13.2. The molecule has 1 aliphatic rings. The second-order valence-corrected chi connectivity index (χ2v) is 7.69. The molecule has 4 N–H and O–H groups in total. The minimum absolute atomic E-state index is 0.0210. The van der Waals surface area contributed by atoms with Crippen LogP contribution in [-0.4, -0.2) is 40.0 Å². The summed E-state index contributed by atoms with van der Waals surface area (Å²) in [5.74, 6) is -1.41.